The van der Waals surface area contributed by atoms with Crippen LogP contribution in [0.3, 0.4) is 0 Å². The molecule has 0 radical (unpaired) electrons. The van der Waals surface area contributed by atoms with Crippen LogP contribution in [0.2, 0.25) is 0 Å². The summed E-state index contributed by atoms with van der Waals surface area (Å²) < 4.78 is 5.42. The number of aromatic hydroxyl groups is 1. The van der Waals surface area contributed by atoms with E-state index in [1.54, 1.807) is 6.07 Å². The van der Waals surface area contributed by atoms with Gasteiger partial charge >= 0.3 is 0 Å². The Bertz CT molecular complexity index is 409. The molecule has 1 saturated heterocycles. The second-order valence-corrected chi connectivity index (χ2v) is 5.21. The number of likely N-dealkylation sites (tertiary alicyclic amines) is 1. The first-order valence-corrected chi connectivity index (χ1v) is 7.10. The number of piperidine rings is 1. The molecule has 0 saturated carbocycles. The zero-order valence-electron chi connectivity index (χ0n) is 11.6. The number of benzene rings is 1. The Balaban J connectivity index is 2.00. The van der Waals surface area contributed by atoms with Crippen molar-refractivity contribution >= 4 is 0 Å². The van der Waals surface area contributed by atoms with Crippen molar-refractivity contribution < 1.29 is 9.84 Å². The van der Waals surface area contributed by atoms with Gasteiger partial charge in [0.15, 0.2) is 11.5 Å². The van der Waals surface area contributed by atoms with Crippen LogP contribution in [0.15, 0.2) is 18.2 Å². The second-order valence-electron chi connectivity index (χ2n) is 5.21. The molecule has 1 unspecified atom stereocenters. The summed E-state index contributed by atoms with van der Waals surface area (Å²) in [6.07, 6.45) is 2.46. The van der Waals surface area contributed by atoms with Gasteiger partial charge in [-0.3, -0.25) is 4.90 Å². The summed E-state index contributed by atoms with van der Waals surface area (Å²) in [4.78, 5) is 2.43. The Morgan fingerprint density at radius 1 is 1.47 bits per heavy atom. The van der Waals surface area contributed by atoms with Crippen LogP contribution in [-0.4, -0.2) is 36.2 Å². The maximum atomic E-state index is 9.70. The van der Waals surface area contributed by atoms with Crippen LogP contribution in [0.25, 0.3) is 0 Å². The molecule has 3 N–H and O–H groups in total. The zero-order chi connectivity index (χ0) is 13.7. The van der Waals surface area contributed by atoms with Crippen molar-refractivity contribution in [3.8, 4) is 11.5 Å². The molecule has 1 atom stereocenters. The molecular formula is C15H24N2O2. The molecule has 1 aliphatic rings. The van der Waals surface area contributed by atoms with E-state index in [2.05, 4.69) is 4.90 Å². The van der Waals surface area contributed by atoms with Crippen LogP contribution in [0.1, 0.15) is 25.3 Å². The third-order valence-electron chi connectivity index (χ3n) is 3.67. The number of hydrogen-bond donors (Lipinski definition) is 2. The van der Waals surface area contributed by atoms with Gasteiger partial charge in [0.05, 0.1) is 6.61 Å². The normalized spacial score (nSPS) is 20.4. The lowest BCUT2D eigenvalue weighted by molar-refractivity contribution is 0.171. The number of nitrogens with two attached hydrogens (primary N) is 1. The molecule has 4 nitrogen and oxygen atoms in total. The maximum Gasteiger partial charge on any atom is 0.161 e. The second kappa shape index (κ2) is 6.78. The fraction of sp³-hybridized carbons (Fsp3) is 0.600. The molecule has 2 rings (SSSR count). The Kier molecular flexibility index (Phi) is 5.05. The van der Waals surface area contributed by atoms with Crippen molar-refractivity contribution in [2.45, 2.75) is 26.3 Å². The van der Waals surface area contributed by atoms with Crippen LogP contribution in [0, 0.1) is 5.92 Å². The lowest BCUT2D eigenvalue weighted by atomic mass is 9.98. The van der Waals surface area contributed by atoms with Crippen LogP contribution < -0.4 is 10.5 Å². The van der Waals surface area contributed by atoms with Crippen molar-refractivity contribution in [2.24, 2.45) is 11.7 Å². The van der Waals surface area contributed by atoms with Crippen LogP contribution >= 0.6 is 0 Å². The molecule has 19 heavy (non-hydrogen) atoms. The lowest BCUT2D eigenvalue weighted by Gasteiger charge is -2.32. The molecule has 1 aromatic rings. The van der Waals surface area contributed by atoms with E-state index < -0.39 is 0 Å². The van der Waals surface area contributed by atoms with Gasteiger partial charge in [0.1, 0.15) is 0 Å². The highest BCUT2D eigenvalue weighted by atomic mass is 16.5. The summed E-state index contributed by atoms with van der Waals surface area (Å²) in [5, 5.41) is 9.70. The van der Waals surface area contributed by atoms with E-state index in [9.17, 15) is 5.11 Å². The standard InChI is InChI=1S/C15H24N2O2/c1-2-19-15-8-12(5-6-14(15)18)10-17-7-3-4-13(9-16)11-17/h5-6,8,13,18H,2-4,7,9-11,16H2,1H3. The van der Waals surface area contributed by atoms with Crippen molar-refractivity contribution in [1.82, 2.24) is 4.90 Å². The first-order chi connectivity index (χ1) is 9.22. The van der Waals surface area contributed by atoms with Crippen LogP contribution in [0.4, 0.5) is 0 Å². The largest absolute Gasteiger partial charge is 0.504 e. The molecule has 1 aliphatic heterocycles. The highest BCUT2D eigenvalue weighted by Gasteiger charge is 2.18. The van der Waals surface area contributed by atoms with Crippen molar-refractivity contribution in [2.75, 3.05) is 26.2 Å². The number of rotatable bonds is 5. The molecule has 4 heteroatoms. The van der Waals surface area contributed by atoms with Gasteiger partial charge in [0.2, 0.25) is 0 Å². The fourth-order valence-electron chi connectivity index (χ4n) is 2.67. The fourth-order valence-corrected chi connectivity index (χ4v) is 2.67. The van der Waals surface area contributed by atoms with E-state index >= 15 is 0 Å². The molecule has 0 bridgehead atoms. The first kappa shape index (κ1) is 14.2. The van der Waals surface area contributed by atoms with Gasteiger partial charge in [0, 0.05) is 13.1 Å². The monoisotopic (exact) mass is 264 g/mol. The third-order valence-corrected chi connectivity index (χ3v) is 3.67. The lowest BCUT2D eigenvalue weighted by Crippen LogP contribution is -2.37. The van der Waals surface area contributed by atoms with E-state index in [4.69, 9.17) is 10.5 Å². The Morgan fingerprint density at radius 3 is 3.05 bits per heavy atom. The van der Waals surface area contributed by atoms with E-state index in [1.165, 1.54) is 18.4 Å². The van der Waals surface area contributed by atoms with Gasteiger partial charge in [-0.2, -0.15) is 0 Å². The Hall–Kier alpha value is -1.26. The molecule has 0 aromatic heterocycles. The minimum Gasteiger partial charge on any atom is -0.504 e. The van der Waals surface area contributed by atoms with Gasteiger partial charge < -0.3 is 15.6 Å². The highest BCUT2D eigenvalue weighted by Crippen LogP contribution is 2.28. The number of hydrogen-bond acceptors (Lipinski definition) is 4. The Labute approximate surface area is 115 Å². The average Bonchev–Trinajstić information content (AvgIpc) is 2.43. The summed E-state index contributed by atoms with van der Waals surface area (Å²) >= 11 is 0. The minimum absolute atomic E-state index is 0.212. The number of nitrogens with zero attached hydrogens (tertiary/aromatic N) is 1. The van der Waals surface area contributed by atoms with Crippen molar-refractivity contribution in [1.29, 1.82) is 0 Å². The van der Waals surface area contributed by atoms with E-state index in [1.807, 2.05) is 19.1 Å². The van der Waals surface area contributed by atoms with Gasteiger partial charge in [-0.25, -0.2) is 0 Å². The molecule has 1 heterocycles. The smallest absolute Gasteiger partial charge is 0.161 e. The number of phenols is 1. The predicted molar refractivity (Wildman–Crippen MR) is 76.3 cm³/mol. The van der Waals surface area contributed by atoms with Crippen LogP contribution in [0.5, 0.6) is 11.5 Å². The van der Waals surface area contributed by atoms with E-state index in [-0.39, 0.29) is 5.75 Å². The van der Waals surface area contributed by atoms with Crippen LogP contribution in [-0.2, 0) is 6.54 Å². The van der Waals surface area contributed by atoms with Gasteiger partial charge in [-0.05, 0) is 56.5 Å². The van der Waals surface area contributed by atoms with Gasteiger partial charge in [-0.1, -0.05) is 6.07 Å². The van der Waals surface area contributed by atoms with Crippen molar-refractivity contribution in [3.63, 3.8) is 0 Å². The summed E-state index contributed by atoms with van der Waals surface area (Å²) in [7, 11) is 0. The van der Waals surface area contributed by atoms with Crippen molar-refractivity contribution in [3.05, 3.63) is 23.8 Å². The topological polar surface area (TPSA) is 58.7 Å². The summed E-state index contributed by atoms with van der Waals surface area (Å²) in [6, 6.07) is 5.61. The number of phenolic OH excluding ortho intramolecular Hbond substituents is 1. The summed E-state index contributed by atoms with van der Waals surface area (Å²) in [5.41, 5.74) is 6.94. The third kappa shape index (κ3) is 3.85. The Morgan fingerprint density at radius 2 is 2.32 bits per heavy atom. The van der Waals surface area contributed by atoms with E-state index in [0.29, 0.717) is 18.3 Å². The quantitative estimate of drug-likeness (QED) is 0.853. The number of ether oxygens (including phenoxy) is 1. The maximum absolute atomic E-state index is 9.70. The zero-order valence-corrected chi connectivity index (χ0v) is 11.6. The average molecular weight is 264 g/mol. The molecule has 0 amide bonds. The van der Waals surface area contributed by atoms with Gasteiger partial charge in [0.25, 0.3) is 0 Å². The molecular weight excluding hydrogens is 240 g/mol. The van der Waals surface area contributed by atoms with Gasteiger partial charge in [-0.15, -0.1) is 0 Å². The summed E-state index contributed by atoms with van der Waals surface area (Å²) in [6.45, 7) is 6.36. The molecule has 106 valence electrons. The minimum atomic E-state index is 0.212. The summed E-state index contributed by atoms with van der Waals surface area (Å²) in [5.74, 6) is 1.41. The first-order valence-electron chi connectivity index (χ1n) is 7.10. The molecule has 0 aliphatic carbocycles. The van der Waals surface area contributed by atoms with E-state index in [0.717, 1.165) is 26.2 Å². The highest BCUT2D eigenvalue weighted by molar-refractivity contribution is 5.41. The molecule has 1 aromatic carbocycles. The molecule has 0 spiro atoms. The molecule has 1 fully saturated rings. The predicted octanol–water partition coefficient (Wildman–Crippen LogP) is 1.96. The SMILES string of the molecule is CCOc1cc(CN2CCCC(CN)C2)ccc1O.